The monoisotopic (exact) mass is 1500 g/mol. The fourth-order valence-corrected chi connectivity index (χ4v) is 12.9. The van der Waals surface area contributed by atoms with E-state index in [9.17, 15) is 67.1 Å². The second-order valence-electron chi connectivity index (χ2n) is 27.0. The van der Waals surface area contributed by atoms with Gasteiger partial charge in [-0.1, -0.05) is 76.2 Å². The number of hydrogen-bond donors (Lipinski definition) is 6. The van der Waals surface area contributed by atoms with Gasteiger partial charge in [-0.2, -0.15) is 0 Å². The third-order valence-corrected chi connectivity index (χ3v) is 18.4. The van der Waals surface area contributed by atoms with Gasteiger partial charge in [-0.05, 0) is 68.1 Å². The van der Waals surface area contributed by atoms with Crippen LogP contribution in [-0.4, -0.2) is 284 Å². The molecular weight excluding hydrogens is 1400 g/mol. The quantitative estimate of drug-likeness (QED) is 0.0867. The zero-order chi connectivity index (χ0) is 78.7. The van der Waals surface area contributed by atoms with Crippen LogP contribution in [0.1, 0.15) is 103 Å². The number of likely N-dealkylation sites (N-methyl/N-ethyl adjacent to an activating group) is 4. The van der Waals surface area contributed by atoms with E-state index in [2.05, 4.69) is 36.9 Å². The number of methoxy groups -OCH3 is 1. The topological polar surface area (TPSA) is 442 Å². The van der Waals surface area contributed by atoms with E-state index in [0.29, 0.717) is 36.6 Å². The first-order valence-electron chi connectivity index (χ1n) is 35.0. The highest BCUT2D eigenvalue weighted by Crippen LogP contribution is 2.34. The second-order valence-corrected chi connectivity index (χ2v) is 27.0. The molecule has 107 heavy (non-hydrogen) atoms. The number of fused-ring (bicyclic) bond motifs is 3. The van der Waals surface area contributed by atoms with Crippen LogP contribution in [0.5, 0.6) is 5.75 Å². The molecular formula is C71H95N13O23. The van der Waals surface area contributed by atoms with Gasteiger partial charge in [-0.25, -0.2) is 14.6 Å². The zero-order valence-electron chi connectivity index (χ0n) is 61.9. The number of piperidine rings is 2. The standard InChI is InChI=1S/C71H95N13O23/c1-38(2)56-65(95)72-31-46(77-64(94)55-50(30-44-24-16-17-25-45(44)76-55)106-70-61(105-42(7)87)59(104-41(6)86)58(103-40(5)85)60(107-70)69(99)101-12)67(97)83-28-20-18-26-48(83)62(92)74-33-51(88)80(9)36-54(91)82(11)57(39(3)4)66(96)73-32-47(78-71(100)102-37-43-22-14-13-15-23-43)68(98)84-29-21-19-27-49(84)63(93)75-34-52(89)79(8)35-53(90)81(56)10/h13-17,22-25,30,38-39,46-49,56-61,70H,18-21,26-29,31-37H2,1-12H3,(H,72,95)(H,73,96)(H,74,92)(H,75,93)(H,77,94)(H,78,100)/t46-,47-,48+,49+,56+,57+,58+,59+,60+,61-,70-/m1/s1. The summed E-state index contributed by atoms with van der Waals surface area (Å²) < 4.78 is 39.3. The van der Waals surface area contributed by atoms with Crippen molar-refractivity contribution >= 4 is 106 Å². The molecule has 7 rings (SSSR count). The summed E-state index contributed by atoms with van der Waals surface area (Å²) in [5.74, 6) is -15.2. The normalized spacial score (nSPS) is 25.0. The third-order valence-electron chi connectivity index (χ3n) is 18.4. The van der Waals surface area contributed by atoms with E-state index in [1.54, 1.807) is 76.2 Å². The average molecular weight is 1500 g/mol. The van der Waals surface area contributed by atoms with Crippen LogP contribution in [0.25, 0.3) is 10.9 Å². The molecule has 4 aliphatic heterocycles. The summed E-state index contributed by atoms with van der Waals surface area (Å²) in [7, 11) is 6.14. The van der Waals surface area contributed by atoms with Crippen molar-refractivity contribution in [2.45, 2.75) is 161 Å². The van der Waals surface area contributed by atoms with Crippen LogP contribution in [-0.2, 0) is 102 Å². The van der Waals surface area contributed by atoms with Gasteiger partial charge in [0.1, 0.15) is 42.9 Å². The summed E-state index contributed by atoms with van der Waals surface area (Å²) in [4.78, 5) is 235. The molecule has 11 atom stereocenters. The Morgan fingerprint density at radius 1 is 0.570 bits per heavy atom. The summed E-state index contributed by atoms with van der Waals surface area (Å²) in [6, 6.07) is 7.69. The number of ether oxygens (including phenoxy) is 7. The molecule has 1 aromatic heterocycles. The number of nitrogens with one attached hydrogen (secondary N) is 6. The van der Waals surface area contributed by atoms with E-state index in [4.69, 9.17) is 33.2 Å². The van der Waals surface area contributed by atoms with Crippen LogP contribution < -0.4 is 36.6 Å². The predicted molar refractivity (Wildman–Crippen MR) is 373 cm³/mol. The number of para-hydroxylation sites is 1. The van der Waals surface area contributed by atoms with Crippen molar-refractivity contribution in [2.24, 2.45) is 11.8 Å². The highest BCUT2D eigenvalue weighted by Gasteiger charge is 2.56. The van der Waals surface area contributed by atoms with Crippen LogP contribution in [0.2, 0.25) is 0 Å². The molecule has 4 saturated heterocycles. The van der Waals surface area contributed by atoms with Crippen LogP contribution >= 0.6 is 0 Å². The lowest BCUT2D eigenvalue weighted by Crippen LogP contribution is -2.64. The Balaban J connectivity index is 1.22. The summed E-state index contributed by atoms with van der Waals surface area (Å²) in [6.45, 7) is 5.13. The van der Waals surface area contributed by atoms with Crippen molar-refractivity contribution in [2.75, 3.05) is 87.7 Å². The SMILES string of the molecule is COC(=O)[C@H]1O[C@@H](Oc2cc3ccccc3nc2C(=O)N[C@@H]2CNC(=O)[C@H](C(C)C)N(C)C(=O)CN(C)C(=O)CNC(=O)[C@@H]3CCCCN3C(=O)[C@H](NC(=O)OCc3ccccc3)CNC(=O)[C@H](C(C)C)N(C)C(=O)CN(C)C(=O)CNC(=O)[C@@H]3CCCCN3C2=O)[C@H](OC(C)=O)[C@@H](OC(C)=O)[C@@H]1OC(C)=O. The molecule has 2 aromatic carbocycles. The summed E-state index contributed by atoms with van der Waals surface area (Å²) in [5, 5.41) is 15.9. The Morgan fingerprint density at radius 3 is 1.52 bits per heavy atom. The molecule has 6 N–H and O–H groups in total. The lowest BCUT2D eigenvalue weighted by molar-refractivity contribution is -0.282. The van der Waals surface area contributed by atoms with Crippen LogP contribution in [0, 0.1) is 11.8 Å². The number of aromatic nitrogens is 1. The first kappa shape index (κ1) is 83.2. The zero-order valence-corrected chi connectivity index (χ0v) is 61.9. The molecule has 12 amide bonds. The van der Waals surface area contributed by atoms with E-state index in [1.165, 1.54) is 45.2 Å². The molecule has 3 aromatic rings. The number of carbonyl (C=O) groups is 16. The summed E-state index contributed by atoms with van der Waals surface area (Å²) in [5.41, 5.74) is 0.162. The minimum Gasteiger partial charge on any atom is -0.467 e. The van der Waals surface area contributed by atoms with Crippen molar-refractivity contribution in [3.8, 4) is 5.75 Å². The molecule has 4 fully saturated rings. The maximum Gasteiger partial charge on any atom is 0.408 e. The fraction of sp³-hybridized carbons (Fsp3) is 0.563. The molecule has 0 unspecified atom stereocenters. The lowest BCUT2D eigenvalue weighted by atomic mass is 9.97. The van der Waals surface area contributed by atoms with E-state index in [-0.39, 0.29) is 38.1 Å². The third kappa shape index (κ3) is 22.0. The maximum absolute atomic E-state index is 15.4. The molecule has 5 heterocycles. The molecule has 0 spiro atoms. The minimum atomic E-state index is -2.03. The Kier molecular flexibility index (Phi) is 29.8. The number of carbonyl (C=O) groups excluding carboxylic acids is 16. The highest BCUT2D eigenvalue weighted by atomic mass is 16.7. The van der Waals surface area contributed by atoms with Gasteiger partial charge in [0.15, 0.2) is 29.8 Å². The minimum absolute atomic E-state index is 0.0125. The molecule has 4 aliphatic rings. The molecule has 0 aliphatic carbocycles. The van der Waals surface area contributed by atoms with Gasteiger partial charge < -0.3 is 94.5 Å². The average Bonchev–Trinajstić information content (AvgIpc) is 0.767. The smallest absolute Gasteiger partial charge is 0.408 e. The summed E-state index contributed by atoms with van der Waals surface area (Å²) in [6.07, 6.45) is -8.82. The van der Waals surface area contributed by atoms with Crippen molar-refractivity contribution in [3.63, 3.8) is 0 Å². The maximum atomic E-state index is 15.4. The van der Waals surface area contributed by atoms with Crippen molar-refractivity contribution in [1.29, 1.82) is 0 Å². The molecule has 0 bridgehead atoms. The number of esters is 4. The van der Waals surface area contributed by atoms with Crippen LogP contribution in [0.15, 0.2) is 60.7 Å². The molecule has 582 valence electrons. The molecule has 0 saturated carbocycles. The number of hydrogen-bond acceptors (Lipinski definition) is 24. The van der Waals surface area contributed by atoms with Gasteiger partial charge >= 0.3 is 30.0 Å². The van der Waals surface area contributed by atoms with E-state index >= 15 is 9.59 Å². The first-order chi connectivity index (χ1) is 50.7. The fourth-order valence-electron chi connectivity index (χ4n) is 12.9. The molecule has 36 heteroatoms. The Labute approximate surface area is 617 Å². The Bertz CT molecular complexity index is 3820. The van der Waals surface area contributed by atoms with E-state index < -0.39 is 224 Å². The number of amides is 12. The number of pyridine rings is 1. The van der Waals surface area contributed by atoms with Gasteiger partial charge in [0.2, 0.25) is 71.5 Å². The van der Waals surface area contributed by atoms with Gasteiger partial charge in [0, 0.05) is 80.5 Å². The second kappa shape index (κ2) is 38.3. The van der Waals surface area contributed by atoms with E-state index in [0.717, 1.165) is 52.4 Å². The lowest BCUT2D eigenvalue weighted by Gasteiger charge is -2.43. The van der Waals surface area contributed by atoms with Gasteiger partial charge in [0.25, 0.3) is 5.91 Å². The summed E-state index contributed by atoms with van der Waals surface area (Å²) >= 11 is 0. The van der Waals surface area contributed by atoms with Gasteiger partial charge in [0.05, 0.1) is 38.8 Å². The largest absolute Gasteiger partial charge is 0.467 e. The van der Waals surface area contributed by atoms with Crippen LogP contribution in [0.4, 0.5) is 4.79 Å². The number of rotatable bonds is 13. The van der Waals surface area contributed by atoms with E-state index in [1.807, 2.05) is 0 Å². The van der Waals surface area contributed by atoms with Gasteiger partial charge in [-0.3, -0.25) is 67.1 Å². The number of benzene rings is 2. The predicted octanol–water partition coefficient (Wildman–Crippen LogP) is -1.18. The number of nitrogens with zero attached hydrogens (tertiary/aromatic N) is 7. The van der Waals surface area contributed by atoms with Crippen LogP contribution in [0.3, 0.4) is 0 Å². The number of alkyl carbamates (subject to hydrolysis) is 1. The van der Waals surface area contributed by atoms with Crippen molar-refractivity contribution in [3.05, 3.63) is 71.9 Å². The van der Waals surface area contributed by atoms with Gasteiger partial charge in [-0.15, -0.1) is 0 Å². The Hall–Kier alpha value is -11.1. The van der Waals surface area contributed by atoms with Crippen molar-refractivity contribution < 1.29 is 110 Å². The molecule has 0 radical (unpaired) electrons. The van der Waals surface area contributed by atoms with Crippen molar-refractivity contribution in [1.82, 2.24) is 66.3 Å². The molecule has 36 nitrogen and oxygen atoms in total. The first-order valence-corrected chi connectivity index (χ1v) is 35.0. The highest BCUT2D eigenvalue weighted by molar-refractivity contribution is 6.02. The Morgan fingerprint density at radius 2 is 1.04 bits per heavy atom.